The summed E-state index contributed by atoms with van der Waals surface area (Å²) in [6, 6.07) is 20.1. The third-order valence-electron chi connectivity index (χ3n) is 9.18. The fourth-order valence-electron chi connectivity index (χ4n) is 6.90. The highest BCUT2D eigenvalue weighted by atomic mass is 35.5. The topological polar surface area (TPSA) is 104 Å². The van der Waals surface area contributed by atoms with Crippen LogP contribution in [0.3, 0.4) is 0 Å². The maximum Gasteiger partial charge on any atom is 0.304 e. The van der Waals surface area contributed by atoms with E-state index in [4.69, 9.17) is 23.2 Å². The zero-order valence-corrected chi connectivity index (χ0v) is 26.6. The van der Waals surface area contributed by atoms with E-state index >= 15 is 0 Å². The lowest BCUT2D eigenvalue weighted by atomic mass is 9.66. The molecule has 5 rings (SSSR count). The number of aliphatic carboxylic acids is 1. The summed E-state index contributed by atoms with van der Waals surface area (Å²) in [5, 5.41) is 13.8. The number of halogens is 3. The van der Waals surface area contributed by atoms with E-state index in [0.29, 0.717) is 15.6 Å². The molecule has 1 aliphatic carbocycles. The number of benzene rings is 3. The number of nitrogens with one attached hydrogen (secondary N) is 1. The Kier molecular flexibility index (Phi) is 9.70. The SMILES string of the molecule is C[C@@]1(CC(=O)O)C[C@H](c2cccc(Cl)c2)[C@H](C[C@@](c2ccc(Cl)cc2)(C2CC2)N(CCc2ccccc2F)[SH](=O)=O)NC1=O. The summed E-state index contributed by atoms with van der Waals surface area (Å²) in [5.41, 5.74) is -0.311. The van der Waals surface area contributed by atoms with Crippen molar-refractivity contribution in [3.63, 3.8) is 0 Å². The molecule has 3 aromatic rings. The average molecular weight is 662 g/mol. The predicted octanol–water partition coefficient (Wildman–Crippen LogP) is 6.35. The summed E-state index contributed by atoms with van der Waals surface area (Å²) >= 11 is 12.7. The highest BCUT2D eigenvalue weighted by molar-refractivity contribution is 7.69. The van der Waals surface area contributed by atoms with Crippen molar-refractivity contribution in [1.82, 2.24) is 9.62 Å². The second-order valence-corrected chi connectivity index (χ2v) is 14.0. The second kappa shape index (κ2) is 13.2. The Morgan fingerprint density at radius 1 is 1.07 bits per heavy atom. The van der Waals surface area contributed by atoms with E-state index in [0.717, 1.165) is 24.0 Å². The first-order valence-corrected chi connectivity index (χ1v) is 16.5. The van der Waals surface area contributed by atoms with Crippen LogP contribution in [0.5, 0.6) is 0 Å². The van der Waals surface area contributed by atoms with E-state index < -0.39 is 45.6 Å². The molecule has 1 saturated heterocycles. The van der Waals surface area contributed by atoms with Gasteiger partial charge in [-0.25, -0.2) is 12.8 Å². The molecular formula is C33H35Cl2FN2O5S. The maximum absolute atomic E-state index is 14.6. The molecule has 0 unspecified atom stereocenters. The second-order valence-electron chi connectivity index (χ2n) is 12.2. The lowest BCUT2D eigenvalue weighted by molar-refractivity contribution is -0.147. The van der Waals surface area contributed by atoms with Crippen molar-refractivity contribution in [2.75, 3.05) is 6.54 Å². The molecule has 3 aromatic carbocycles. The molecule has 1 heterocycles. The zero-order chi connectivity index (χ0) is 31.6. The first-order valence-electron chi connectivity index (χ1n) is 14.6. The van der Waals surface area contributed by atoms with E-state index in [-0.39, 0.29) is 44.1 Å². The molecule has 0 aromatic heterocycles. The zero-order valence-electron chi connectivity index (χ0n) is 24.2. The van der Waals surface area contributed by atoms with Crippen molar-refractivity contribution in [3.05, 3.63) is 105 Å². The Bertz CT molecular complexity index is 1610. The monoisotopic (exact) mass is 660 g/mol. The minimum Gasteiger partial charge on any atom is -0.481 e. The van der Waals surface area contributed by atoms with E-state index in [1.54, 1.807) is 43.3 Å². The number of carboxylic acids is 1. The molecule has 0 bridgehead atoms. The van der Waals surface area contributed by atoms with Crippen LogP contribution in [0.2, 0.25) is 10.0 Å². The van der Waals surface area contributed by atoms with Crippen LogP contribution in [0.1, 0.15) is 61.6 Å². The van der Waals surface area contributed by atoms with Crippen LogP contribution in [-0.2, 0) is 32.4 Å². The highest BCUT2D eigenvalue weighted by Gasteiger charge is 2.55. The molecule has 234 valence electrons. The van der Waals surface area contributed by atoms with Gasteiger partial charge in [0.25, 0.3) is 0 Å². The van der Waals surface area contributed by atoms with E-state index in [1.807, 2.05) is 30.3 Å². The molecule has 11 heteroatoms. The standard InChI is InChI=1S/C33H35Cl2FN2O5S/c1-32(20-30(39)40)18-27(22-6-4-7-26(35)17-22)29(37-31(32)41)19-33(23-9-10-23,24-11-13-25(34)14-12-24)38(44(42)43)16-15-21-5-2-3-8-28(21)36/h2-8,11-14,17,23,27,29,44H,9-10,15-16,18-20H2,1H3,(H,37,41)(H,39,40)/t27-,29+,32+,33+/m1/s1. The van der Waals surface area contributed by atoms with Crippen molar-refractivity contribution in [1.29, 1.82) is 0 Å². The molecule has 2 N–H and O–H groups in total. The summed E-state index contributed by atoms with van der Waals surface area (Å²) in [4.78, 5) is 25.4. The molecule has 4 atom stereocenters. The molecule has 44 heavy (non-hydrogen) atoms. The van der Waals surface area contributed by atoms with Gasteiger partial charge in [0.15, 0.2) is 0 Å². The average Bonchev–Trinajstić information content (AvgIpc) is 3.81. The number of thiol groups is 1. The molecule has 2 aliphatic rings. The van der Waals surface area contributed by atoms with Gasteiger partial charge in [0.2, 0.25) is 16.8 Å². The molecule has 0 spiro atoms. The van der Waals surface area contributed by atoms with Crippen molar-refractivity contribution in [2.45, 2.75) is 62.9 Å². The van der Waals surface area contributed by atoms with E-state index in [2.05, 4.69) is 5.32 Å². The van der Waals surface area contributed by atoms with Crippen LogP contribution in [0.4, 0.5) is 4.39 Å². The van der Waals surface area contributed by atoms with Gasteiger partial charge in [-0.1, -0.05) is 72.6 Å². The number of amides is 1. The van der Waals surface area contributed by atoms with E-state index in [1.165, 1.54) is 10.4 Å². The van der Waals surface area contributed by atoms with E-state index in [9.17, 15) is 27.5 Å². The minimum atomic E-state index is -3.16. The van der Waals surface area contributed by atoms with Crippen LogP contribution >= 0.6 is 23.2 Å². The summed E-state index contributed by atoms with van der Waals surface area (Å²) in [6.07, 6.45) is 1.78. The number of rotatable bonds is 12. The lowest BCUT2D eigenvalue weighted by Gasteiger charge is -2.49. The third kappa shape index (κ3) is 6.81. The van der Waals surface area contributed by atoms with Gasteiger partial charge in [-0.15, -0.1) is 0 Å². The van der Waals surface area contributed by atoms with Crippen molar-refractivity contribution in [2.24, 2.45) is 11.3 Å². The van der Waals surface area contributed by atoms with Crippen LogP contribution in [-0.4, -0.2) is 42.3 Å². The molecule has 2 fully saturated rings. The number of carboxylic acid groups (broad SMARTS) is 1. The Morgan fingerprint density at radius 3 is 2.39 bits per heavy atom. The van der Waals surface area contributed by atoms with Crippen LogP contribution in [0.15, 0.2) is 72.8 Å². The Balaban J connectivity index is 1.62. The summed E-state index contributed by atoms with van der Waals surface area (Å²) in [5.74, 6) is -2.31. The van der Waals surface area contributed by atoms with Gasteiger partial charge in [0.1, 0.15) is 5.82 Å². The number of hydrogen-bond acceptors (Lipinski definition) is 4. The molecular weight excluding hydrogens is 626 g/mol. The number of hydrogen-bond donors (Lipinski definition) is 3. The number of carbonyl (C=O) groups is 2. The van der Waals surface area contributed by atoms with Crippen LogP contribution in [0.25, 0.3) is 0 Å². The number of nitrogens with zero attached hydrogens (tertiary/aromatic N) is 1. The molecule has 1 saturated carbocycles. The van der Waals surface area contributed by atoms with Gasteiger partial charge >= 0.3 is 5.97 Å². The summed E-state index contributed by atoms with van der Waals surface area (Å²) in [7, 11) is -3.16. The fraction of sp³-hybridized carbons (Fsp3) is 0.394. The Morgan fingerprint density at radius 2 is 1.77 bits per heavy atom. The fourth-order valence-corrected chi connectivity index (χ4v) is 8.14. The van der Waals surface area contributed by atoms with Gasteiger partial charge in [0, 0.05) is 28.5 Å². The minimum absolute atomic E-state index is 0.0258. The largest absolute Gasteiger partial charge is 0.481 e. The summed E-state index contributed by atoms with van der Waals surface area (Å²) in [6.45, 7) is 1.67. The van der Waals surface area contributed by atoms with Crippen molar-refractivity contribution < 1.29 is 27.5 Å². The number of carbonyl (C=O) groups excluding carboxylic acids is 1. The third-order valence-corrected chi connectivity index (χ3v) is 10.6. The van der Waals surface area contributed by atoms with Gasteiger partial charge in [-0.2, -0.15) is 4.31 Å². The van der Waals surface area contributed by atoms with Gasteiger partial charge in [0.05, 0.1) is 17.4 Å². The molecule has 0 radical (unpaired) electrons. The molecule has 1 amide bonds. The number of piperidine rings is 1. The Hall–Kier alpha value is -2.98. The van der Waals surface area contributed by atoms with Crippen LogP contribution < -0.4 is 5.32 Å². The first-order chi connectivity index (χ1) is 20.9. The summed E-state index contributed by atoms with van der Waals surface area (Å²) < 4.78 is 42.5. The van der Waals surface area contributed by atoms with Gasteiger partial charge in [-0.05, 0) is 85.0 Å². The quantitative estimate of drug-likeness (QED) is 0.196. The lowest BCUT2D eigenvalue weighted by Crippen LogP contribution is -2.58. The van der Waals surface area contributed by atoms with Crippen molar-refractivity contribution in [3.8, 4) is 0 Å². The predicted molar refractivity (Wildman–Crippen MR) is 169 cm³/mol. The van der Waals surface area contributed by atoms with Gasteiger partial charge < -0.3 is 10.4 Å². The Labute approximate surface area is 268 Å². The van der Waals surface area contributed by atoms with Gasteiger partial charge in [-0.3, -0.25) is 9.59 Å². The molecule has 1 aliphatic heterocycles. The smallest absolute Gasteiger partial charge is 0.304 e. The normalized spacial score (nSPS) is 23.4. The first kappa shape index (κ1) is 32.4. The van der Waals surface area contributed by atoms with Crippen LogP contribution in [0, 0.1) is 17.2 Å². The molecule has 7 nitrogen and oxygen atoms in total. The van der Waals surface area contributed by atoms with Crippen molar-refractivity contribution >= 4 is 46.0 Å². The maximum atomic E-state index is 14.6. The highest BCUT2D eigenvalue weighted by Crippen LogP contribution is 2.55.